The van der Waals surface area contributed by atoms with Crippen molar-refractivity contribution in [3.63, 3.8) is 0 Å². The maximum absolute atomic E-state index is 12.4. The van der Waals surface area contributed by atoms with E-state index in [1.165, 1.54) is 5.56 Å². The van der Waals surface area contributed by atoms with E-state index >= 15 is 0 Å². The molecule has 4 rings (SSSR count). The van der Waals surface area contributed by atoms with Gasteiger partial charge in [0.2, 0.25) is 17.6 Å². The fourth-order valence-electron chi connectivity index (χ4n) is 3.71. The number of fused-ring (bicyclic) bond motifs is 1. The van der Waals surface area contributed by atoms with Crippen molar-refractivity contribution in [2.45, 2.75) is 52.5 Å². The predicted octanol–water partition coefficient (Wildman–Crippen LogP) is 3.81. The van der Waals surface area contributed by atoms with Gasteiger partial charge < -0.3 is 9.42 Å². The molecule has 142 valence electrons. The molecule has 1 amide bonds. The number of rotatable bonds is 3. The highest BCUT2D eigenvalue weighted by atomic mass is 16.5. The summed E-state index contributed by atoms with van der Waals surface area (Å²) in [4.78, 5) is 23.3. The van der Waals surface area contributed by atoms with E-state index in [4.69, 9.17) is 4.52 Å². The molecule has 2 aliphatic heterocycles. The number of hydrogen-bond donors (Lipinski definition) is 0. The summed E-state index contributed by atoms with van der Waals surface area (Å²) in [5, 5.41) is 4.18. The second-order valence-corrected chi connectivity index (χ2v) is 8.73. The van der Waals surface area contributed by atoms with Crippen molar-refractivity contribution in [1.82, 2.24) is 15.0 Å². The first-order valence-corrected chi connectivity index (χ1v) is 9.63. The van der Waals surface area contributed by atoms with Gasteiger partial charge in [0.1, 0.15) is 0 Å². The number of likely N-dealkylation sites (tertiary alicyclic amines) is 1. The zero-order valence-electron chi connectivity index (χ0n) is 16.2. The normalized spacial score (nSPS) is 17.4. The van der Waals surface area contributed by atoms with Crippen LogP contribution in [0.5, 0.6) is 0 Å². The molecule has 0 radical (unpaired) electrons. The molecule has 0 unspecified atom stereocenters. The van der Waals surface area contributed by atoms with Gasteiger partial charge >= 0.3 is 0 Å². The minimum absolute atomic E-state index is 0.0240. The van der Waals surface area contributed by atoms with Gasteiger partial charge in [0.15, 0.2) is 0 Å². The summed E-state index contributed by atoms with van der Waals surface area (Å²) in [7, 11) is 0. The van der Waals surface area contributed by atoms with Gasteiger partial charge in [-0.05, 0) is 35.4 Å². The Hall–Kier alpha value is -2.50. The molecule has 6 nitrogen and oxygen atoms in total. The quantitative estimate of drug-likeness (QED) is 0.828. The Bertz CT molecular complexity index is 871. The molecule has 27 heavy (non-hydrogen) atoms. The second-order valence-electron chi connectivity index (χ2n) is 8.73. The van der Waals surface area contributed by atoms with Crippen molar-refractivity contribution in [1.29, 1.82) is 0 Å². The van der Waals surface area contributed by atoms with Crippen molar-refractivity contribution in [2.75, 3.05) is 13.1 Å². The van der Waals surface area contributed by atoms with Gasteiger partial charge in [-0.25, -0.2) is 0 Å². The molecule has 0 N–H and O–H groups in total. The Balaban J connectivity index is 1.39. The van der Waals surface area contributed by atoms with Crippen molar-refractivity contribution in [3.05, 3.63) is 35.2 Å². The number of piperidine rings is 1. The molecular weight excluding hydrogens is 340 g/mol. The van der Waals surface area contributed by atoms with Gasteiger partial charge in [0, 0.05) is 37.2 Å². The van der Waals surface area contributed by atoms with E-state index in [0.29, 0.717) is 18.1 Å². The standard InChI is InChI=1S/C21H26N4O2/c1-21(2,3)11-18(26)25-8-6-14(7-9-25)20-23-19(24-27-20)15-4-5-16-12-22-13-17(16)10-15/h4-5,10,12,14H,6-9,11,13H2,1-3H3. The molecule has 0 atom stereocenters. The fraction of sp³-hybridized carbons (Fsp3) is 0.524. The van der Waals surface area contributed by atoms with Crippen LogP contribution in [-0.4, -0.2) is 40.3 Å². The molecule has 1 fully saturated rings. The molecular formula is C21H26N4O2. The lowest BCUT2D eigenvalue weighted by atomic mass is 9.90. The van der Waals surface area contributed by atoms with Crippen LogP contribution in [0.1, 0.15) is 63.0 Å². The van der Waals surface area contributed by atoms with E-state index in [9.17, 15) is 4.79 Å². The van der Waals surface area contributed by atoms with Crippen LogP contribution in [0.15, 0.2) is 27.7 Å². The second kappa shape index (κ2) is 6.91. The van der Waals surface area contributed by atoms with Gasteiger partial charge in [0.05, 0.1) is 6.54 Å². The minimum atomic E-state index is 0.0240. The molecule has 3 heterocycles. The summed E-state index contributed by atoms with van der Waals surface area (Å²) in [5.74, 6) is 1.78. The van der Waals surface area contributed by atoms with Crippen LogP contribution in [-0.2, 0) is 11.3 Å². The van der Waals surface area contributed by atoms with Gasteiger partial charge in [-0.1, -0.05) is 38.1 Å². The summed E-state index contributed by atoms with van der Waals surface area (Å²) in [6.45, 7) is 8.53. The van der Waals surface area contributed by atoms with E-state index < -0.39 is 0 Å². The number of carbonyl (C=O) groups is 1. The third kappa shape index (κ3) is 3.94. The van der Waals surface area contributed by atoms with E-state index in [1.54, 1.807) is 0 Å². The van der Waals surface area contributed by atoms with Crippen molar-refractivity contribution in [3.8, 4) is 11.4 Å². The molecule has 1 aromatic heterocycles. The number of carbonyl (C=O) groups excluding carboxylic acids is 1. The van der Waals surface area contributed by atoms with Crippen LogP contribution in [0.25, 0.3) is 11.4 Å². The Morgan fingerprint density at radius 3 is 2.78 bits per heavy atom. The first kappa shape index (κ1) is 17.9. The van der Waals surface area contributed by atoms with Crippen LogP contribution < -0.4 is 0 Å². The summed E-state index contributed by atoms with van der Waals surface area (Å²) < 4.78 is 5.56. The van der Waals surface area contributed by atoms with Crippen LogP contribution in [0, 0.1) is 5.41 Å². The SMILES string of the molecule is CC(C)(C)CC(=O)N1CCC(c2nc(-c3ccc4c(c3)CN=C4)no2)CC1. The van der Waals surface area contributed by atoms with Crippen LogP contribution in [0.2, 0.25) is 0 Å². The Morgan fingerprint density at radius 2 is 2.04 bits per heavy atom. The highest BCUT2D eigenvalue weighted by Crippen LogP contribution is 2.30. The summed E-state index contributed by atoms with van der Waals surface area (Å²) in [5.41, 5.74) is 3.35. The summed E-state index contributed by atoms with van der Waals surface area (Å²) >= 11 is 0. The van der Waals surface area contributed by atoms with Crippen molar-refractivity contribution < 1.29 is 9.32 Å². The number of aliphatic imine (C=N–C) groups is 1. The fourth-order valence-corrected chi connectivity index (χ4v) is 3.71. The third-order valence-corrected chi connectivity index (χ3v) is 5.21. The lowest BCUT2D eigenvalue weighted by Gasteiger charge is -2.32. The third-order valence-electron chi connectivity index (χ3n) is 5.21. The molecule has 0 bridgehead atoms. The number of benzene rings is 1. The average molecular weight is 366 g/mol. The number of hydrogen-bond acceptors (Lipinski definition) is 5. The lowest BCUT2D eigenvalue weighted by molar-refractivity contribution is -0.134. The lowest BCUT2D eigenvalue weighted by Crippen LogP contribution is -2.39. The maximum Gasteiger partial charge on any atom is 0.230 e. The zero-order chi connectivity index (χ0) is 19.0. The first-order valence-electron chi connectivity index (χ1n) is 9.63. The van der Waals surface area contributed by atoms with E-state index in [1.807, 2.05) is 17.2 Å². The molecule has 0 saturated carbocycles. The van der Waals surface area contributed by atoms with E-state index in [-0.39, 0.29) is 17.2 Å². The van der Waals surface area contributed by atoms with Gasteiger partial charge in [-0.2, -0.15) is 4.98 Å². The zero-order valence-corrected chi connectivity index (χ0v) is 16.2. The van der Waals surface area contributed by atoms with Gasteiger partial charge in [0.25, 0.3) is 0 Å². The number of nitrogens with zero attached hydrogens (tertiary/aromatic N) is 4. The van der Waals surface area contributed by atoms with Gasteiger partial charge in [-0.15, -0.1) is 0 Å². The number of aromatic nitrogens is 2. The molecule has 0 spiro atoms. The highest BCUT2D eigenvalue weighted by Gasteiger charge is 2.29. The minimum Gasteiger partial charge on any atom is -0.343 e. The molecule has 1 aromatic carbocycles. The Morgan fingerprint density at radius 1 is 1.26 bits per heavy atom. The van der Waals surface area contributed by atoms with Crippen LogP contribution >= 0.6 is 0 Å². The van der Waals surface area contributed by atoms with Crippen molar-refractivity contribution in [2.24, 2.45) is 10.4 Å². The molecule has 6 heteroatoms. The molecule has 2 aromatic rings. The number of amides is 1. The van der Waals surface area contributed by atoms with Crippen LogP contribution in [0.3, 0.4) is 0 Å². The smallest absolute Gasteiger partial charge is 0.230 e. The van der Waals surface area contributed by atoms with Crippen LogP contribution in [0.4, 0.5) is 0 Å². The molecule has 2 aliphatic rings. The maximum atomic E-state index is 12.4. The molecule has 1 saturated heterocycles. The van der Waals surface area contributed by atoms with E-state index in [2.05, 4.69) is 48.0 Å². The van der Waals surface area contributed by atoms with Crippen molar-refractivity contribution >= 4 is 12.1 Å². The monoisotopic (exact) mass is 366 g/mol. The highest BCUT2D eigenvalue weighted by molar-refractivity contribution is 5.85. The molecule has 0 aliphatic carbocycles. The topological polar surface area (TPSA) is 71.6 Å². The summed E-state index contributed by atoms with van der Waals surface area (Å²) in [6.07, 6.45) is 4.23. The first-order chi connectivity index (χ1) is 12.9. The largest absolute Gasteiger partial charge is 0.343 e. The van der Waals surface area contributed by atoms with E-state index in [0.717, 1.165) is 43.6 Å². The predicted molar refractivity (Wildman–Crippen MR) is 104 cm³/mol. The Kier molecular flexibility index (Phi) is 4.58. The summed E-state index contributed by atoms with van der Waals surface area (Å²) in [6, 6.07) is 6.15. The Labute approximate surface area is 159 Å². The average Bonchev–Trinajstić information content (AvgIpc) is 3.29. The van der Waals surface area contributed by atoms with Gasteiger partial charge in [-0.3, -0.25) is 9.79 Å².